The summed E-state index contributed by atoms with van der Waals surface area (Å²) in [5.41, 5.74) is 0. The van der Waals surface area contributed by atoms with Gasteiger partial charge in [-0.2, -0.15) is 0 Å². The fourth-order valence-electron chi connectivity index (χ4n) is 1.69. The SMILES string of the molecule is O=C(NCCCOc1ccc(F)cc1)C1CSCN1. The molecule has 0 radical (unpaired) electrons. The number of carbonyl (C=O) groups is 1. The molecule has 6 heteroatoms. The van der Waals surface area contributed by atoms with Gasteiger partial charge in [0.1, 0.15) is 11.6 Å². The van der Waals surface area contributed by atoms with Crippen LogP contribution in [0.4, 0.5) is 4.39 Å². The zero-order valence-electron chi connectivity index (χ0n) is 10.5. The number of rotatable bonds is 6. The predicted molar refractivity (Wildman–Crippen MR) is 73.8 cm³/mol. The molecule has 19 heavy (non-hydrogen) atoms. The average Bonchev–Trinajstić information content (AvgIpc) is 2.94. The Bertz CT molecular complexity index is 408. The van der Waals surface area contributed by atoms with E-state index in [1.54, 1.807) is 23.9 Å². The molecule has 0 spiro atoms. The van der Waals surface area contributed by atoms with Crippen molar-refractivity contribution in [3.8, 4) is 5.75 Å². The second kappa shape index (κ2) is 7.35. The van der Waals surface area contributed by atoms with Gasteiger partial charge in [-0.05, 0) is 30.7 Å². The molecule has 1 unspecified atom stereocenters. The Kier molecular flexibility index (Phi) is 5.47. The fraction of sp³-hybridized carbons (Fsp3) is 0.462. The van der Waals surface area contributed by atoms with Crippen molar-refractivity contribution in [2.24, 2.45) is 0 Å². The van der Waals surface area contributed by atoms with Gasteiger partial charge in [0.2, 0.25) is 5.91 Å². The topological polar surface area (TPSA) is 50.4 Å². The first kappa shape index (κ1) is 14.1. The summed E-state index contributed by atoms with van der Waals surface area (Å²) in [6, 6.07) is 5.84. The average molecular weight is 284 g/mol. The van der Waals surface area contributed by atoms with Crippen LogP contribution in [0, 0.1) is 5.82 Å². The zero-order chi connectivity index (χ0) is 13.5. The summed E-state index contributed by atoms with van der Waals surface area (Å²) in [7, 11) is 0. The van der Waals surface area contributed by atoms with Crippen LogP contribution in [0.15, 0.2) is 24.3 Å². The van der Waals surface area contributed by atoms with Crippen molar-refractivity contribution in [3.05, 3.63) is 30.1 Å². The second-order valence-electron chi connectivity index (χ2n) is 4.22. The van der Waals surface area contributed by atoms with Crippen LogP contribution in [0.3, 0.4) is 0 Å². The van der Waals surface area contributed by atoms with Crippen LogP contribution in [0.2, 0.25) is 0 Å². The smallest absolute Gasteiger partial charge is 0.238 e. The van der Waals surface area contributed by atoms with Crippen LogP contribution in [0.5, 0.6) is 5.75 Å². The molecule has 1 heterocycles. The summed E-state index contributed by atoms with van der Waals surface area (Å²) < 4.78 is 18.1. The van der Waals surface area contributed by atoms with E-state index in [0.717, 1.165) is 18.1 Å². The van der Waals surface area contributed by atoms with Crippen molar-refractivity contribution in [2.45, 2.75) is 12.5 Å². The molecule has 0 aromatic heterocycles. The Morgan fingerprint density at radius 3 is 2.95 bits per heavy atom. The number of thioether (sulfide) groups is 1. The molecule has 1 aromatic rings. The van der Waals surface area contributed by atoms with Crippen LogP contribution in [-0.4, -0.2) is 36.7 Å². The Morgan fingerprint density at radius 2 is 2.26 bits per heavy atom. The molecule has 104 valence electrons. The van der Waals surface area contributed by atoms with E-state index in [1.807, 2.05) is 0 Å². The third-order valence-corrected chi connectivity index (χ3v) is 3.68. The lowest BCUT2D eigenvalue weighted by Gasteiger charge is -2.10. The van der Waals surface area contributed by atoms with Gasteiger partial charge in [-0.15, -0.1) is 11.8 Å². The van der Waals surface area contributed by atoms with Crippen molar-refractivity contribution < 1.29 is 13.9 Å². The molecule has 1 atom stereocenters. The van der Waals surface area contributed by atoms with Crippen molar-refractivity contribution in [1.29, 1.82) is 0 Å². The van der Waals surface area contributed by atoms with E-state index >= 15 is 0 Å². The van der Waals surface area contributed by atoms with E-state index in [2.05, 4.69) is 10.6 Å². The highest BCUT2D eigenvalue weighted by molar-refractivity contribution is 7.99. The van der Waals surface area contributed by atoms with Crippen molar-refractivity contribution in [2.75, 3.05) is 24.8 Å². The molecule has 1 aliphatic heterocycles. The summed E-state index contributed by atoms with van der Waals surface area (Å²) in [4.78, 5) is 11.6. The summed E-state index contributed by atoms with van der Waals surface area (Å²) in [6.45, 7) is 1.08. The Labute approximate surface area is 116 Å². The van der Waals surface area contributed by atoms with Gasteiger partial charge >= 0.3 is 0 Å². The molecule has 1 aromatic carbocycles. The minimum atomic E-state index is -0.276. The van der Waals surface area contributed by atoms with Gasteiger partial charge in [-0.25, -0.2) is 4.39 Å². The van der Waals surface area contributed by atoms with Gasteiger partial charge in [-0.1, -0.05) is 0 Å². The summed E-state index contributed by atoms with van der Waals surface area (Å²) in [6.07, 6.45) is 0.725. The van der Waals surface area contributed by atoms with E-state index in [-0.39, 0.29) is 17.8 Å². The normalized spacial score (nSPS) is 18.3. The van der Waals surface area contributed by atoms with Crippen LogP contribution in [0.25, 0.3) is 0 Å². The predicted octanol–water partition coefficient (Wildman–Crippen LogP) is 1.37. The van der Waals surface area contributed by atoms with Gasteiger partial charge in [0.25, 0.3) is 0 Å². The van der Waals surface area contributed by atoms with Gasteiger partial charge in [0.15, 0.2) is 0 Å². The van der Waals surface area contributed by atoms with E-state index in [0.29, 0.717) is 18.9 Å². The Hall–Kier alpha value is -1.27. The molecule has 0 saturated carbocycles. The highest BCUT2D eigenvalue weighted by Crippen LogP contribution is 2.11. The summed E-state index contributed by atoms with van der Waals surface area (Å²) in [5.74, 6) is 2.08. The third kappa shape index (κ3) is 4.72. The maximum Gasteiger partial charge on any atom is 0.238 e. The lowest BCUT2D eigenvalue weighted by molar-refractivity contribution is -0.122. The molecular formula is C13H17FN2O2S. The number of benzene rings is 1. The van der Waals surface area contributed by atoms with E-state index in [4.69, 9.17) is 4.74 Å². The maximum absolute atomic E-state index is 12.7. The summed E-state index contributed by atoms with van der Waals surface area (Å²) in [5, 5.41) is 5.98. The van der Waals surface area contributed by atoms with Crippen molar-refractivity contribution in [3.63, 3.8) is 0 Å². The highest BCUT2D eigenvalue weighted by atomic mass is 32.2. The number of carbonyl (C=O) groups excluding carboxylic acids is 1. The van der Waals surface area contributed by atoms with Crippen molar-refractivity contribution in [1.82, 2.24) is 10.6 Å². The standard InChI is InChI=1S/C13H17FN2O2S/c14-10-2-4-11(5-3-10)18-7-1-6-15-13(17)12-8-19-9-16-12/h2-5,12,16H,1,6-9H2,(H,15,17). The quantitative estimate of drug-likeness (QED) is 0.775. The first-order valence-electron chi connectivity index (χ1n) is 6.23. The second-order valence-corrected chi connectivity index (χ2v) is 5.25. The number of hydrogen-bond donors (Lipinski definition) is 2. The molecular weight excluding hydrogens is 267 g/mol. The summed E-state index contributed by atoms with van der Waals surface area (Å²) >= 11 is 1.73. The molecule has 1 amide bonds. The number of halogens is 1. The molecule has 0 aliphatic carbocycles. The van der Waals surface area contributed by atoms with Gasteiger partial charge in [-0.3, -0.25) is 10.1 Å². The zero-order valence-corrected chi connectivity index (χ0v) is 11.3. The molecule has 2 rings (SSSR count). The number of ether oxygens (including phenoxy) is 1. The molecule has 0 bridgehead atoms. The van der Waals surface area contributed by atoms with Gasteiger partial charge < -0.3 is 10.1 Å². The minimum Gasteiger partial charge on any atom is -0.494 e. The first-order valence-corrected chi connectivity index (χ1v) is 7.38. The maximum atomic E-state index is 12.7. The number of hydrogen-bond acceptors (Lipinski definition) is 4. The van der Waals surface area contributed by atoms with E-state index in [1.165, 1.54) is 12.1 Å². The molecule has 1 aliphatic rings. The van der Waals surface area contributed by atoms with Gasteiger partial charge in [0.05, 0.1) is 12.6 Å². The molecule has 1 fully saturated rings. The van der Waals surface area contributed by atoms with Crippen LogP contribution in [0.1, 0.15) is 6.42 Å². The highest BCUT2D eigenvalue weighted by Gasteiger charge is 2.21. The molecule has 1 saturated heterocycles. The van der Waals surface area contributed by atoms with E-state index in [9.17, 15) is 9.18 Å². The van der Waals surface area contributed by atoms with Crippen LogP contribution < -0.4 is 15.4 Å². The molecule has 2 N–H and O–H groups in total. The van der Waals surface area contributed by atoms with E-state index < -0.39 is 0 Å². The Balaban J connectivity index is 1.56. The minimum absolute atomic E-state index is 0.0479. The monoisotopic (exact) mass is 284 g/mol. The fourth-order valence-corrected chi connectivity index (χ4v) is 2.63. The largest absolute Gasteiger partial charge is 0.494 e. The van der Waals surface area contributed by atoms with Crippen LogP contribution >= 0.6 is 11.8 Å². The van der Waals surface area contributed by atoms with Gasteiger partial charge in [0, 0.05) is 18.2 Å². The van der Waals surface area contributed by atoms with Crippen molar-refractivity contribution >= 4 is 17.7 Å². The number of nitrogens with one attached hydrogen (secondary N) is 2. The lowest BCUT2D eigenvalue weighted by atomic mass is 10.3. The lowest BCUT2D eigenvalue weighted by Crippen LogP contribution is -2.42. The number of amides is 1. The molecule has 4 nitrogen and oxygen atoms in total. The Morgan fingerprint density at radius 1 is 1.47 bits per heavy atom. The third-order valence-electron chi connectivity index (χ3n) is 2.74. The first-order chi connectivity index (χ1) is 9.25. The van der Waals surface area contributed by atoms with Crippen LogP contribution in [-0.2, 0) is 4.79 Å².